The number of amides is 1. The van der Waals surface area contributed by atoms with Crippen LogP contribution in [0.1, 0.15) is 26.2 Å². The van der Waals surface area contributed by atoms with Crippen molar-refractivity contribution in [3.05, 3.63) is 29.6 Å². The van der Waals surface area contributed by atoms with Crippen LogP contribution in [0.5, 0.6) is 0 Å². The van der Waals surface area contributed by atoms with Crippen LogP contribution in [0.2, 0.25) is 0 Å². The SMILES string of the molecule is CCCCNC(=O)CCN(c1ccc(F)c(F)c1F)S(C)(=O)=O. The molecule has 1 aromatic rings. The highest BCUT2D eigenvalue weighted by molar-refractivity contribution is 7.92. The fourth-order valence-corrected chi connectivity index (χ4v) is 2.79. The topological polar surface area (TPSA) is 66.5 Å². The lowest BCUT2D eigenvalue weighted by Gasteiger charge is -2.22. The lowest BCUT2D eigenvalue weighted by atomic mass is 10.2. The molecule has 0 fully saturated rings. The van der Waals surface area contributed by atoms with E-state index in [1.165, 1.54) is 0 Å². The first-order chi connectivity index (χ1) is 10.7. The second-order valence-corrected chi connectivity index (χ2v) is 6.89. The maximum absolute atomic E-state index is 13.8. The van der Waals surface area contributed by atoms with Crippen molar-refractivity contribution in [3.63, 3.8) is 0 Å². The molecule has 0 aliphatic heterocycles. The van der Waals surface area contributed by atoms with Crippen LogP contribution in [0.4, 0.5) is 18.9 Å². The van der Waals surface area contributed by atoms with E-state index in [0.717, 1.165) is 25.2 Å². The number of benzene rings is 1. The summed E-state index contributed by atoms with van der Waals surface area (Å²) in [5.74, 6) is -5.20. The zero-order valence-electron chi connectivity index (χ0n) is 12.9. The second-order valence-electron chi connectivity index (χ2n) is 4.98. The molecule has 0 saturated carbocycles. The lowest BCUT2D eigenvalue weighted by Crippen LogP contribution is -2.35. The van der Waals surface area contributed by atoms with Gasteiger partial charge in [0.2, 0.25) is 15.9 Å². The summed E-state index contributed by atoms with van der Waals surface area (Å²) in [5.41, 5.74) is -0.632. The van der Waals surface area contributed by atoms with E-state index in [9.17, 15) is 26.4 Å². The number of unbranched alkanes of at least 4 members (excludes halogenated alkanes) is 1. The summed E-state index contributed by atoms with van der Waals surface area (Å²) in [6.45, 7) is 2.02. The van der Waals surface area contributed by atoms with Crippen molar-refractivity contribution in [2.75, 3.05) is 23.7 Å². The van der Waals surface area contributed by atoms with Crippen LogP contribution in [0.15, 0.2) is 12.1 Å². The van der Waals surface area contributed by atoms with Crippen LogP contribution in [0.3, 0.4) is 0 Å². The summed E-state index contributed by atoms with van der Waals surface area (Å²) in [4.78, 5) is 11.6. The molecule has 0 spiro atoms. The quantitative estimate of drug-likeness (QED) is 0.576. The molecule has 5 nitrogen and oxygen atoms in total. The minimum Gasteiger partial charge on any atom is -0.356 e. The van der Waals surface area contributed by atoms with E-state index in [0.29, 0.717) is 16.9 Å². The van der Waals surface area contributed by atoms with Gasteiger partial charge in [-0.2, -0.15) is 0 Å². The molecule has 0 saturated heterocycles. The van der Waals surface area contributed by atoms with Gasteiger partial charge in [-0.05, 0) is 18.6 Å². The summed E-state index contributed by atoms with van der Waals surface area (Å²) in [7, 11) is -3.97. The average molecular weight is 352 g/mol. The Labute approximate surface area is 133 Å². The number of sulfonamides is 1. The molecule has 0 unspecified atom stereocenters. The first-order valence-electron chi connectivity index (χ1n) is 7.06. The normalized spacial score (nSPS) is 11.3. The first-order valence-corrected chi connectivity index (χ1v) is 8.91. The molecule has 1 amide bonds. The number of hydrogen-bond donors (Lipinski definition) is 1. The van der Waals surface area contributed by atoms with Gasteiger partial charge in [-0.15, -0.1) is 0 Å². The summed E-state index contributed by atoms with van der Waals surface area (Å²) in [6, 6.07) is 1.46. The number of nitrogens with zero attached hydrogens (tertiary/aromatic N) is 1. The highest BCUT2D eigenvalue weighted by Gasteiger charge is 2.25. The summed E-state index contributed by atoms with van der Waals surface area (Å²) < 4.78 is 64.1. The predicted octanol–water partition coefficient (Wildman–Crippen LogP) is 2.18. The van der Waals surface area contributed by atoms with Crippen molar-refractivity contribution >= 4 is 21.6 Å². The van der Waals surface area contributed by atoms with Gasteiger partial charge in [-0.25, -0.2) is 21.6 Å². The predicted molar refractivity (Wildman–Crippen MR) is 81.0 cm³/mol. The molecule has 0 atom stereocenters. The van der Waals surface area contributed by atoms with Gasteiger partial charge in [-0.3, -0.25) is 9.10 Å². The van der Waals surface area contributed by atoms with E-state index in [-0.39, 0.29) is 13.0 Å². The third kappa shape index (κ3) is 5.42. The number of nitrogens with one attached hydrogen (secondary N) is 1. The molecule has 0 aliphatic carbocycles. The Hall–Kier alpha value is -1.77. The fraction of sp³-hybridized carbons (Fsp3) is 0.500. The van der Waals surface area contributed by atoms with Gasteiger partial charge in [0.1, 0.15) is 0 Å². The fourth-order valence-electron chi connectivity index (χ4n) is 1.87. The summed E-state index contributed by atoms with van der Waals surface area (Å²) >= 11 is 0. The number of rotatable bonds is 8. The highest BCUT2D eigenvalue weighted by atomic mass is 32.2. The van der Waals surface area contributed by atoms with Crippen molar-refractivity contribution in [1.82, 2.24) is 5.32 Å². The van der Waals surface area contributed by atoms with Crippen LogP contribution >= 0.6 is 0 Å². The Kier molecular flexibility index (Phi) is 6.86. The van der Waals surface area contributed by atoms with Crippen LogP contribution in [0, 0.1) is 17.5 Å². The monoisotopic (exact) mass is 352 g/mol. The maximum atomic E-state index is 13.8. The number of halogens is 3. The molecule has 23 heavy (non-hydrogen) atoms. The largest absolute Gasteiger partial charge is 0.356 e. The van der Waals surface area contributed by atoms with Crippen molar-refractivity contribution < 1.29 is 26.4 Å². The van der Waals surface area contributed by atoms with Gasteiger partial charge < -0.3 is 5.32 Å². The molecule has 0 heterocycles. The average Bonchev–Trinajstić information content (AvgIpc) is 2.46. The van der Waals surface area contributed by atoms with Gasteiger partial charge in [0.05, 0.1) is 11.9 Å². The van der Waals surface area contributed by atoms with Crippen LogP contribution in [-0.4, -0.2) is 33.7 Å². The van der Waals surface area contributed by atoms with E-state index in [1.54, 1.807) is 0 Å². The number of carbonyl (C=O) groups is 1. The zero-order valence-corrected chi connectivity index (χ0v) is 13.7. The second kappa shape index (κ2) is 8.19. The minimum absolute atomic E-state index is 0.227. The smallest absolute Gasteiger partial charge is 0.232 e. The van der Waals surface area contributed by atoms with Crippen LogP contribution in [-0.2, 0) is 14.8 Å². The molecule has 0 aromatic heterocycles. The van der Waals surface area contributed by atoms with E-state index in [2.05, 4.69) is 5.32 Å². The standard InChI is InChI=1S/C14H19F3N2O3S/c1-3-4-8-18-12(20)7-9-19(23(2,21)22)11-6-5-10(15)13(16)14(11)17/h5-6H,3-4,7-9H2,1-2H3,(H,18,20). The van der Waals surface area contributed by atoms with Crippen molar-refractivity contribution in [2.24, 2.45) is 0 Å². The molecule has 0 radical (unpaired) electrons. The molecular formula is C14H19F3N2O3S. The molecular weight excluding hydrogens is 333 g/mol. The molecule has 1 rings (SSSR count). The first kappa shape index (κ1) is 19.3. The Morgan fingerprint density at radius 3 is 2.43 bits per heavy atom. The molecule has 1 N–H and O–H groups in total. The van der Waals surface area contributed by atoms with Gasteiger partial charge in [0, 0.05) is 19.5 Å². The maximum Gasteiger partial charge on any atom is 0.232 e. The number of carbonyl (C=O) groups excluding carboxylic acids is 1. The Balaban J connectivity index is 2.92. The molecule has 9 heteroatoms. The van der Waals surface area contributed by atoms with E-state index < -0.39 is 39.1 Å². The third-order valence-electron chi connectivity index (χ3n) is 3.08. The van der Waals surface area contributed by atoms with Crippen molar-refractivity contribution in [2.45, 2.75) is 26.2 Å². The molecule has 0 bridgehead atoms. The summed E-state index contributed by atoms with van der Waals surface area (Å²) in [6.07, 6.45) is 2.23. The van der Waals surface area contributed by atoms with Crippen molar-refractivity contribution in [1.29, 1.82) is 0 Å². The number of hydrogen-bond acceptors (Lipinski definition) is 3. The Bertz CT molecular complexity index is 665. The van der Waals surface area contributed by atoms with Gasteiger partial charge in [0.15, 0.2) is 17.5 Å². The highest BCUT2D eigenvalue weighted by Crippen LogP contribution is 2.25. The Morgan fingerprint density at radius 1 is 1.22 bits per heavy atom. The van der Waals surface area contributed by atoms with Gasteiger partial charge in [-0.1, -0.05) is 13.3 Å². The molecule has 0 aliphatic rings. The zero-order chi connectivity index (χ0) is 17.6. The van der Waals surface area contributed by atoms with Crippen LogP contribution in [0.25, 0.3) is 0 Å². The minimum atomic E-state index is -3.97. The van der Waals surface area contributed by atoms with Gasteiger partial charge >= 0.3 is 0 Å². The van der Waals surface area contributed by atoms with Crippen molar-refractivity contribution in [3.8, 4) is 0 Å². The molecule has 130 valence electrons. The van der Waals surface area contributed by atoms with E-state index in [4.69, 9.17) is 0 Å². The number of anilines is 1. The van der Waals surface area contributed by atoms with Gasteiger partial charge in [0.25, 0.3) is 0 Å². The molecule has 1 aromatic carbocycles. The van der Waals surface area contributed by atoms with E-state index in [1.807, 2.05) is 6.92 Å². The Morgan fingerprint density at radius 2 is 1.87 bits per heavy atom. The summed E-state index contributed by atoms with van der Waals surface area (Å²) in [5, 5.41) is 2.59. The lowest BCUT2D eigenvalue weighted by molar-refractivity contribution is -0.120. The van der Waals surface area contributed by atoms with Crippen LogP contribution < -0.4 is 9.62 Å². The van der Waals surface area contributed by atoms with E-state index >= 15 is 0 Å². The third-order valence-corrected chi connectivity index (χ3v) is 4.26.